The third-order valence-electron chi connectivity index (χ3n) is 2.49. The number of ether oxygens (including phenoxy) is 1. The van der Waals surface area contributed by atoms with Gasteiger partial charge in [-0.25, -0.2) is 0 Å². The largest absolute Gasteiger partial charge is 0.383 e. The quantitative estimate of drug-likeness (QED) is 0.579. The molecule has 6 heteroatoms. The number of rotatable bonds is 8. The van der Waals surface area contributed by atoms with Gasteiger partial charge in [-0.15, -0.1) is 10.2 Å². The van der Waals surface area contributed by atoms with Gasteiger partial charge in [0.1, 0.15) is 0 Å². The van der Waals surface area contributed by atoms with Crippen LogP contribution in [-0.4, -0.2) is 47.2 Å². The van der Waals surface area contributed by atoms with Gasteiger partial charge in [0.15, 0.2) is 10.8 Å². The average Bonchev–Trinajstić information content (AvgIpc) is 2.81. The molecule has 0 saturated carbocycles. The van der Waals surface area contributed by atoms with Crippen LogP contribution in [0, 0.1) is 0 Å². The van der Waals surface area contributed by atoms with Crippen LogP contribution in [0.3, 0.4) is 0 Å². The Labute approximate surface area is 111 Å². The Morgan fingerprint density at radius 1 is 1.33 bits per heavy atom. The van der Waals surface area contributed by atoms with Crippen molar-refractivity contribution in [1.29, 1.82) is 0 Å². The molecule has 0 aromatic carbocycles. The topological polar surface area (TPSA) is 51.5 Å². The zero-order chi connectivity index (χ0) is 12.6. The maximum absolute atomic E-state index is 4.97. The predicted molar refractivity (Wildman–Crippen MR) is 73.1 cm³/mol. The lowest BCUT2D eigenvalue weighted by Crippen LogP contribution is -2.20. The molecule has 2 heterocycles. The van der Waals surface area contributed by atoms with Crippen LogP contribution in [0.2, 0.25) is 0 Å². The Hall–Kier alpha value is -1.11. The molecule has 0 aliphatic rings. The lowest BCUT2D eigenvalue weighted by molar-refractivity contribution is 0.199. The summed E-state index contributed by atoms with van der Waals surface area (Å²) in [4.78, 5) is 0. The normalized spacial score (nSPS) is 11.2. The molecule has 2 aromatic rings. The fourth-order valence-electron chi connectivity index (χ4n) is 1.58. The number of nitrogens with one attached hydrogen (secondary N) is 1. The summed E-state index contributed by atoms with van der Waals surface area (Å²) in [7, 11) is 1.72. The zero-order valence-corrected chi connectivity index (χ0v) is 11.3. The summed E-state index contributed by atoms with van der Waals surface area (Å²) < 4.78 is 6.98. The minimum absolute atomic E-state index is 0.766. The molecule has 2 rings (SSSR count). The molecule has 0 bridgehead atoms. The first-order valence-corrected chi connectivity index (χ1v) is 7.02. The molecule has 2 aromatic heterocycles. The Balaban J connectivity index is 1.70. The van der Waals surface area contributed by atoms with Gasteiger partial charge < -0.3 is 10.1 Å². The lowest BCUT2D eigenvalue weighted by atomic mass is 10.5. The molecular weight excluding hydrogens is 248 g/mol. The fourth-order valence-corrected chi connectivity index (χ4v) is 2.44. The molecule has 98 valence electrons. The number of nitrogens with zero attached hydrogens (tertiary/aromatic N) is 3. The van der Waals surface area contributed by atoms with Crippen molar-refractivity contribution in [3.05, 3.63) is 24.4 Å². The van der Waals surface area contributed by atoms with Crippen LogP contribution in [0.4, 0.5) is 0 Å². The molecule has 0 saturated heterocycles. The van der Waals surface area contributed by atoms with Crippen molar-refractivity contribution in [3.8, 4) is 0 Å². The molecule has 18 heavy (non-hydrogen) atoms. The summed E-state index contributed by atoms with van der Waals surface area (Å²) in [5, 5.41) is 12.6. The summed E-state index contributed by atoms with van der Waals surface area (Å²) in [6.07, 6.45) is 3.10. The average molecular weight is 266 g/mol. The Morgan fingerprint density at radius 2 is 2.28 bits per heavy atom. The van der Waals surface area contributed by atoms with E-state index in [1.807, 2.05) is 28.8 Å². The Bertz CT molecular complexity index is 474. The maximum Gasteiger partial charge on any atom is 0.195 e. The Kier molecular flexibility index (Phi) is 5.44. The third kappa shape index (κ3) is 3.69. The van der Waals surface area contributed by atoms with E-state index in [2.05, 4.69) is 15.5 Å². The van der Waals surface area contributed by atoms with Crippen molar-refractivity contribution >= 4 is 17.4 Å². The van der Waals surface area contributed by atoms with Gasteiger partial charge in [-0.1, -0.05) is 17.8 Å². The molecule has 0 fully saturated rings. The minimum Gasteiger partial charge on any atom is -0.383 e. The molecule has 0 radical (unpaired) electrons. The second-order valence-electron chi connectivity index (χ2n) is 3.86. The van der Waals surface area contributed by atoms with E-state index in [1.54, 1.807) is 18.9 Å². The van der Waals surface area contributed by atoms with Crippen LogP contribution in [-0.2, 0) is 4.74 Å². The van der Waals surface area contributed by atoms with Gasteiger partial charge in [-0.3, -0.25) is 4.40 Å². The van der Waals surface area contributed by atoms with Crippen molar-refractivity contribution in [2.75, 3.05) is 32.6 Å². The number of hydrogen-bond donors (Lipinski definition) is 1. The monoisotopic (exact) mass is 266 g/mol. The van der Waals surface area contributed by atoms with Gasteiger partial charge in [0.2, 0.25) is 0 Å². The van der Waals surface area contributed by atoms with E-state index in [0.717, 1.165) is 42.7 Å². The van der Waals surface area contributed by atoms with Crippen molar-refractivity contribution in [2.24, 2.45) is 0 Å². The highest BCUT2D eigenvalue weighted by atomic mass is 32.2. The highest BCUT2D eigenvalue weighted by Gasteiger charge is 2.03. The second-order valence-corrected chi connectivity index (χ2v) is 4.92. The zero-order valence-electron chi connectivity index (χ0n) is 10.5. The molecule has 0 aliphatic heterocycles. The molecule has 0 atom stereocenters. The first kappa shape index (κ1) is 13.3. The fraction of sp³-hybridized carbons (Fsp3) is 0.500. The molecule has 1 N–H and O–H groups in total. The summed E-state index contributed by atoms with van der Waals surface area (Å²) >= 11 is 1.74. The molecule has 0 spiro atoms. The van der Waals surface area contributed by atoms with E-state index >= 15 is 0 Å². The third-order valence-corrected chi connectivity index (χ3v) is 3.52. The number of aromatic nitrogens is 3. The highest BCUT2D eigenvalue weighted by molar-refractivity contribution is 7.99. The molecule has 5 nitrogen and oxygen atoms in total. The van der Waals surface area contributed by atoms with E-state index in [4.69, 9.17) is 4.74 Å². The Morgan fingerprint density at radius 3 is 3.17 bits per heavy atom. The lowest BCUT2D eigenvalue weighted by Gasteiger charge is -2.03. The van der Waals surface area contributed by atoms with E-state index in [0.29, 0.717) is 0 Å². The summed E-state index contributed by atoms with van der Waals surface area (Å²) in [6.45, 7) is 2.68. The van der Waals surface area contributed by atoms with Gasteiger partial charge in [0, 0.05) is 25.6 Å². The van der Waals surface area contributed by atoms with Crippen molar-refractivity contribution in [3.63, 3.8) is 0 Å². The van der Waals surface area contributed by atoms with Crippen LogP contribution in [0.1, 0.15) is 6.42 Å². The SMILES string of the molecule is COCCNCCCSc1nnc2ccccn12. The smallest absolute Gasteiger partial charge is 0.195 e. The van der Waals surface area contributed by atoms with E-state index < -0.39 is 0 Å². The number of thioether (sulfide) groups is 1. The van der Waals surface area contributed by atoms with E-state index in [1.165, 1.54) is 0 Å². The number of pyridine rings is 1. The summed E-state index contributed by atoms with van der Waals surface area (Å²) in [5.74, 6) is 1.04. The number of hydrogen-bond acceptors (Lipinski definition) is 5. The number of methoxy groups -OCH3 is 1. The number of fused-ring (bicyclic) bond motifs is 1. The van der Waals surface area contributed by atoms with Gasteiger partial charge in [0.05, 0.1) is 6.61 Å². The van der Waals surface area contributed by atoms with Crippen LogP contribution in [0.25, 0.3) is 5.65 Å². The second kappa shape index (κ2) is 7.35. The van der Waals surface area contributed by atoms with Gasteiger partial charge in [-0.2, -0.15) is 0 Å². The van der Waals surface area contributed by atoms with Crippen LogP contribution in [0.5, 0.6) is 0 Å². The first-order chi connectivity index (χ1) is 8.92. The summed E-state index contributed by atoms with van der Waals surface area (Å²) in [5.41, 5.74) is 0.901. The van der Waals surface area contributed by atoms with Crippen LogP contribution < -0.4 is 5.32 Å². The van der Waals surface area contributed by atoms with Crippen LogP contribution >= 0.6 is 11.8 Å². The van der Waals surface area contributed by atoms with E-state index in [9.17, 15) is 0 Å². The minimum atomic E-state index is 0.766. The van der Waals surface area contributed by atoms with Crippen LogP contribution in [0.15, 0.2) is 29.6 Å². The van der Waals surface area contributed by atoms with E-state index in [-0.39, 0.29) is 0 Å². The molecule has 0 aliphatic carbocycles. The van der Waals surface area contributed by atoms with Gasteiger partial charge in [-0.05, 0) is 25.1 Å². The maximum atomic E-state index is 4.97. The van der Waals surface area contributed by atoms with Gasteiger partial charge >= 0.3 is 0 Å². The molecule has 0 amide bonds. The van der Waals surface area contributed by atoms with Gasteiger partial charge in [0.25, 0.3) is 0 Å². The van der Waals surface area contributed by atoms with Crippen molar-refractivity contribution < 1.29 is 4.74 Å². The van der Waals surface area contributed by atoms with Crippen molar-refractivity contribution in [2.45, 2.75) is 11.6 Å². The molecule has 0 unspecified atom stereocenters. The van der Waals surface area contributed by atoms with Crippen molar-refractivity contribution in [1.82, 2.24) is 19.9 Å². The molecular formula is C12H18N4OS. The highest BCUT2D eigenvalue weighted by Crippen LogP contribution is 2.16. The predicted octanol–water partition coefficient (Wildman–Crippen LogP) is 1.45. The summed E-state index contributed by atoms with van der Waals surface area (Å²) in [6, 6.07) is 5.92. The standard InChI is InChI=1S/C12H18N4OS/c1-17-9-7-13-6-4-10-18-12-15-14-11-5-2-3-8-16(11)12/h2-3,5,8,13H,4,6-7,9-10H2,1H3. The first-order valence-electron chi connectivity index (χ1n) is 6.04.